The van der Waals surface area contributed by atoms with Crippen LogP contribution in [0.1, 0.15) is 63.4 Å². The second kappa shape index (κ2) is 9.88. The number of hydrogen-bond acceptors (Lipinski definition) is 5. The number of amides is 1. The van der Waals surface area contributed by atoms with E-state index in [1.807, 2.05) is 6.07 Å². The Labute approximate surface area is 193 Å². The van der Waals surface area contributed by atoms with Gasteiger partial charge in [-0.15, -0.1) is 0 Å². The minimum absolute atomic E-state index is 0.0344. The number of aromatic amines is 1. The van der Waals surface area contributed by atoms with Crippen LogP contribution in [0.5, 0.6) is 0 Å². The van der Waals surface area contributed by atoms with Crippen molar-refractivity contribution in [1.82, 2.24) is 9.88 Å². The van der Waals surface area contributed by atoms with Crippen molar-refractivity contribution >= 4 is 29.3 Å². The highest BCUT2D eigenvalue weighted by Crippen LogP contribution is 2.43. The van der Waals surface area contributed by atoms with Gasteiger partial charge in [-0.25, -0.2) is 4.79 Å². The molecule has 3 rings (SSSR count). The summed E-state index contributed by atoms with van der Waals surface area (Å²) in [4.78, 5) is 44.1. The molecule has 1 aromatic carbocycles. The molecular weight excluding hydrogens is 432 g/mol. The number of esters is 1. The number of hydrogen-bond donors (Lipinski definition) is 1. The first-order valence-corrected chi connectivity index (χ1v) is 11.0. The summed E-state index contributed by atoms with van der Waals surface area (Å²) in [7, 11) is 3.15. The number of ether oxygens (including phenoxy) is 2. The second-order valence-corrected chi connectivity index (χ2v) is 8.50. The van der Waals surface area contributed by atoms with E-state index in [9.17, 15) is 14.4 Å². The predicted octanol–water partition coefficient (Wildman–Crippen LogP) is 4.20. The van der Waals surface area contributed by atoms with Crippen LogP contribution in [-0.2, 0) is 19.8 Å². The first-order chi connectivity index (χ1) is 15.3. The van der Waals surface area contributed by atoms with E-state index >= 15 is 0 Å². The van der Waals surface area contributed by atoms with Crippen molar-refractivity contribution < 1.29 is 23.9 Å². The molecule has 0 radical (unpaired) electrons. The molecule has 1 heterocycles. The lowest BCUT2D eigenvalue weighted by Crippen LogP contribution is -2.54. The number of likely N-dealkylation sites (N-methyl/N-ethyl adjacent to an activating group) is 1. The summed E-state index contributed by atoms with van der Waals surface area (Å²) in [5.74, 6) is -0.936. The molecular formula is C24H29ClN2O5. The molecule has 0 saturated heterocycles. The normalized spacial score (nSPS) is 18.5. The van der Waals surface area contributed by atoms with Crippen molar-refractivity contribution in [2.24, 2.45) is 0 Å². The van der Waals surface area contributed by atoms with Gasteiger partial charge >= 0.3 is 5.97 Å². The first kappa shape index (κ1) is 24.0. The minimum Gasteiger partial charge on any atom is -0.460 e. The Kier molecular flexibility index (Phi) is 7.41. The number of Topliss-reactive ketones (excluding diaryl/α,β-unsaturated/α-hetero) is 1. The van der Waals surface area contributed by atoms with Crippen molar-refractivity contribution in [3.63, 3.8) is 0 Å². The third-order valence-corrected chi connectivity index (χ3v) is 6.56. The van der Waals surface area contributed by atoms with Gasteiger partial charge in [0.15, 0.2) is 5.78 Å². The number of benzene rings is 1. The lowest BCUT2D eigenvalue weighted by Gasteiger charge is -2.43. The van der Waals surface area contributed by atoms with E-state index in [4.69, 9.17) is 21.1 Å². The van der Waals surface area contributed by atoms with E-state index in [0.717, 1.165) is 12.8 Å². The van der Waals surface area contributed by atoms with Gasteiger partial charge in [-0.2, -0.15) is 0 Å². The monoisotopic (exact) mass is 460 g/mol. The molecule has 2 aromatic rings. The fraction of sp³-hybridized carbons (Fsp3) is 0.458. The van der Waals surface area contributed by atoms with Crippen molar-refractivity contribution in [2.75, 3.05) is 27.4 Å². The molecule has 1 aromatic heterocycles. The quantitative estimate of drug-likeness (QED) is 0.494. The van der Waals surface area contributed by atoms with Gasteiger partial charge in [0.1, 0.15) is 17.8 Å². The predicted molar refractivity (Wildman–Crippen MR) is 121 cm³/mol. The van der Waals surface area contributed by atoms with Crippen LogP contribution in [0, 0.1) is 13.8 Å². The fourth-order valence-electron chi connectivity index (χ4n) is 4.53. The fourth-order valence-corrected chi connectivity index (χ4v) is 4.82. The van der Waals surface area contributed by atoms with Gasteiger partial charge in [-0.3, -0.25) is 9.59 Å². The van der Waals surface area contributed by atoms with Crippen molar-refractivity contribution in [3.05, 3.63) is 57.4 Å². The molecule has 1 unspecified atom stereocenters. The Bertz CT molecular complexity index is 1030. The molecule has 1 N–H and O–H groups in total. The number of rotatable bonds is 7. The van der Waals surface area contributed by atoms with E-state index in [-0.39, 0.29) is 30.6 Å². The molecule has 1 atom stereocenters. The maximum atomic E-state index is 13.7. The molecule has 32 heavy (non-hydrogen) atoms. The number of nitrogens with zero attached hydrogens (tertiary/aromatic N) is 1. The van der Waals surface area contributed by atoms with Crippen LogP contribution in [0.25, 0.3) is 0 Å². The Morgan fingerprint density at radius 1 is 1.19 bits per heavy atom. The van der Waals surface area contributed by atoms with Crippen LogP contribution in [0.4, 0.5) is 0 Å². The van der Waals surface area contributed by atoms with Crippen molar-refractivity contribution in [1.29, 1.82) is 0 Å². The Morgan fingerprint density at radius 2 is 1.91 bits per heavy atom. The van der Waals surface area contributed by atoms with E-state index in [1.165, 1.54) is 12.0 Å². The maximum absolute atomic E-state index is 13.7. The summed E-state index contributed by atoms with van der Waals surface area (Å²) in [5, 5.41) is 0.448. The Hall–Kier alpha value is -2.64. The standard InChI is InChI=1S/C24H29ClN2O5/c1-15-20(23(30)32-14-13-31-4)16(2)26-21(15)22(29)27(3)24(12-8-7-11-19(24)28)17-9-5-6-10-18(17)25/h5-6,9-10,26H,7-8,11-14H2,1-4H3. The lowest BCUT2D eigenvalue weighted by molar-refractivity contribution is -0.132. The highest BCUT2D eigenvalue weighted by Gasteiger charge is 2.48. The average Bonchev–Trinajstić information content (AvgIpc) is 3.07. The van der Waals surface area contributed by atoms with Crippen LogP contribution < -0.4 is 0 Å². The average molecular weight is 461 g/mol. The SMILES string of the molecule is COCCOC(=O)c1c(C)[nH]c(C(=O)N(C)C2(c3ccccc3Cl)CCCCC2=O)c1C. The third-order valence-electron chi connectivity index (χ3n) is 6.23. The summed E-state index contributed by atoms with van der Waals surface area (Å²) < 4.78 is 10.2. The van der Waals surface area contributed by atoms with Crippen LogP contribution in [0.3, 0.4) is 0 Å². The maximum Gasteiger partial charge on any atom is 0.340 e. The summed E-state index contributed by atoms with van der Waals surface area (Å²) >= 11 is 6.50. The molecule has 1 aliphatic rings. The van der Waals surface area contributed by atoms with E-state index in [1.54, 1.807) is 39.1 Å². The highest BCUT2D eigenvalue weighted by atomic mass is 35.5. The van der Waals surface area contributed by atoms with E-state index in [2.05, 4.69) is 4.98 Å². The molecule has 8 heteroatoms. The number of halogens is 1. The largest absolute Gasteiger partial charge is 0.460 e. The molecule has 0 spiro atoms. The molecule has 0 bridgehead atoms. The van der Waals surface area contributed by atoms with Crippen LogP contribution in [0.2, 0.25) is 5.02 Å². The molecule has 1 saturated carbocycles. The highest BCUT2D eigenvalue weighted by molar-refractivity contribution is 6.31. The van der Waals surface area contributed by atoms with Gasteiger partial charge in [0, 0.05) is 36.9 Å². The molecule has 1 aliphatic carbocycles. The number of nitrogens with one attached hydrogen (secondary N) is 1. The number of ketones is 1. The number of carbonyl (C=O) groups excluding carboxylic acids is 3. The van der Waals surface area contributed by atoms with Gasteiger partial charge in [0.25, 0.3) is 5.91 Å². The zero-order valence-corrected chi connectivity index (χ0v) is 19.7. The van der Waals surface area contributed by atoms with Gasteiger partial charge in [0.05, 0.1) is 12.2 Å². The number of carbonyl (C=O) groups is 3. The van der Waals surface area contributed by atoms with Gasteiger partial charge in [0.2, 0.25) is 0 Å². The van der Waals surface area contributed by atoms with Crippen LogP contribution in [0.15, 0.2) is 24.3 Å². The Balaban J connectivity index is 2.01. The number of aromatic nitrogens is 1. The van der Waals surface area contributed by atoms with Gasteiger partial charge < -0.3 is 19.4 Å². The molecule has 1 fully saturated rings. The summed E-state index contributed by atoms with van der Waals surface area (Å²) in [5.41, 5.74) is 1.07. The summed E-state index contributed by atoms with van der Waals surface area (Å²) in [6.07, 6.45) is 2.45. The topological polar surface area (TPSA) is 88.7 Å². The number of aryl methyl sites for hydroxylation is 1. The molecule has 7 nitrogen and oxygen atoms in total. The second-order valence-electron chi connectivity index (χ2n) is 8.09. The molecule has 172 valence electrons. The van der Waals surface area contributed by atoms with Crippen LogP contribution in [-0.4, -0.2) is 54.9 Å². The van der Waals surface area contributed by atoms with Crippen LogP contribution >= 0.6 is 11.6 Å². The number of methoxy groups -OCH3 is 1. The summed E-state index contributed by atoms with van der Waals surface area (Å²) in [6.45, 7) is 3.81. The lowest BCUT2D eigenvalue weighted by atomic mass is 9.74. The summed E-state index contributed by atoms with van der Waals surface area (Å²) in [6, 6.07) is 7.16. The molecule has 0 aliphatic heterocycles. The molecule has 1 amide bonds. The zero-order valence-electron chi connectivity index (χ0n) is 18.9. The first-order valence-electron chi connectivity index (χ1n) is 10.7. The Morgan fingerprint density at radius 3 is 2.56 bits per heavy atom. The van der Waals surface area contributed by atoms with Crippen molar-refractivity contribution in [2.45, 2.75) is 45.1 Å². The van der Waals surface area contributed by atoms with E-state index in [0.29, 0.717) is 40.2 Å². The van der Waals surface area contributed by atoms with Gasteiger partial charge in [-0.05, 0) is 44.7 Å². The third kappa shape index (κ3) is 4.19. The number of H-pyrrole nitrogens is 1. The van der Waals surface area contributed by atoms with Gasteiger partial charge in [-0.1, -0.05) is 29.8 Å². The van der Waals surface area contributed by atoms with E-state index < -0.39 is 11.5 Å². The zero-order chi connectivity index (χ0) is 23.5. The van der Waals surface area contributed by atoms with Crippen molar-refractivity contribution in [3.8, 4) is 0 Å². The minimum atomic E-state index is -1.15. The smallest absolute Gasteiger partial charge is 0.340 e.